The lowest BCUT2D eigenvalue weighted by atomic mass is 10.1. The third-order valence-electron chi connectivity index (χ3n) is 4.16. The van der Waals surface area contributed by atoms with E-state index in [1.54, 1.807) is 5.57 Å². The molecule has 2 aliphatic rings. The summed E-state index contributed by atoms with van der Waals surface area (Å²) in [6.07, 6.45) is 9.03. The number of hydrogen-bond donors (Lipinski definition) is 2. The van der Waals surface area contributed by atoms with Crippen molar-refractivity contribution in [3.05, 3.63) is 11.6 Å². The molecule has 0 aromatic carbocycles. The molecule has 19 heavy (non-hydrogen) atoms. The van der Waals surface area contributed by atoms with Gasteiger partial charge in [0.1, 0.15) is 0 Å². The van der Waals surface area contributed by atoms with E-state index in [0.29, 0.717) is 0 Å². The molecule has 0 saturated carbocycles. The molecule has 2 N–H and O–H groups in total. The van der Waals surface area contributed by atoms with E-state index >= 15 is 0 Å². The molecule has 1 unspecified atom stereocenters. The van der Waals surface area contributed by atoms with Gasteiger partial charge in [-0.15, -0.1) is 0 Å². The molecule has 1 heterocycles. The van der Waals surface area contributed by atoms with Crippen molar-refractivity contribution in [2.45, 2.75) is 39.0 Å². The lowest BCUT2D eigenvalue weighted by molar-refractivity contribution is 0.245. The number of allylic oxidation sites excluding steroid dienone is 1. The first kappa shape index (κ1) is 15.0. The van der Waals surface area contributed by atoms with Crippen molar-refractivity contribution in [1.29, 1.82) is 0 Å². The lowest BCUT2D eigenvalue weighted by Gasteiger charge is -2.27. The van der Waals surface area contributed by atoms with Gasteiger partial charge < -0.3 is 10.6 Å². The normalized spacial score (nSPS) is 28.5. The third kappa shape index (κ3) is 6.07. The van der Waals surface area contributed by atoms with Gasteiger partial charge in [-0.1, -0.05) is 18.6 Å². The van der Waals surface area contributed by atoms with Gasteiger partial charge in [-0.25, -0.2) is 0 Å². The maximum atomic E-state index is 3.59. The van der Waals surface area contributed by atoms with Gasteiger partial charge >= 0.3 is 0 Å². The molecular formula is C16H31N3. The van der Waals surface area contributed by atoms with Crippen LogP contribution in [0.1, 0.15) is 39.0 Å². The fraction of sp³-hybridized carbons (Fsp3) is 0.875. The second-order valence-corrected chi connectivity index (χ2v) is 6.26. The fourth-order valence-electron chi connectivity index (χ4n) is 3.15. The van der Waals surface area contributed by atoms with E-state index < -0.39 is 0 Å². The minimum absolute atomic E-state index is 0.759. The van der Waals surface area contributed by atoms with Crippen molar-refractivity contribution in [3.63, 3.8) is 0 Å². The van der Waals surface area contributed by atoms with Gasteiger partial charge in [-0.2, -0.15) is 0 Å². The Morgan fingerprint density at radius 3 is 2.84 bits per heavy atom. The molecule has 0 aromatic heterocycles. The zero-order valence-corrected chi connectivity index (χ0v) is 12.6. The third-order valence-corrected chi connectivity index (χ3v) is 4.16. The molecule has 1 aliphatic heterocycles. The van der Waals surface area contributed by atoms with E-state index in [-0.39, 0.29) is 0 Å². The van der Waals surface area contributed by atoms with Crippen LogP contribution in [0.25, 0.3) is 0 Å². The molecule has 0 radical (unpaired) electrons. The highest BCUT2D eigenvalue weighted by molar-refractivity contribution is 5.09. The van der Waals surface area contributed by atoms with Crippen LogP contribution in [0.5, 0.6) is 0 Å². The molecule has 1 atom stereocenters. The van der Waals surface area contributed by atoms with Crippen molar-refractivity contribution < 1.29 is 0 Å². The summed E-state index contributed by atoms with van der Waals surface area (Å²) in [6, 6.07) is 0. The number of nitrogens with zero attached hydrogens (tertiary/aromatic N) is 1. The Hall–Kier alpha value is -0.380. The second kappa shape index (κ2) is 8.72. The monoisotopic (exact) mass is 265 g/mol. The van der Waals surface area contributed by atoms with E-state index in [0.717, 1.165) is 25.6 Å². The number of nitrogens with one attached hydrogen (secondary N) is 2. The van der Waals surface area contributed by atoms with Crippen molar-refractivity contribution in [3.8, 4) is 0 Å². The molecule has 3 nitrogen and oxygen atoms in total. The van der Waals surface area contributed by atoms with Crippen LogP contribution in [0, 0.1) is 5.92 Å². The summed E-state index contributed by atoms with van der Waals surface area (Å²) in [5, 5.41) is 7.13. The van der Waals surface area contributed by atoms with Crippen LogP contribution in [0.3, 0.4) is 0 Å². The van der Waals surface area contributed by atoms with Gasteiger partial charge in [0.05, 0.1) is 0 Å². The Balaban J connectivity index is 1.81. The predicted octanol–water partition coefficient (Wildman–Crippen LogP) is 2.01. The standard InChI is InChI=1S/C16H31N3/c1-15-12-18-9-4-8-17-10-5-11-19(13-15)14-16-6-2-3-7-16/h6,15,17-18H,2-5,7-14H2,1H3. The summed E-state index contributed by atoms with van der Waals surface area (Å²) in [6.45, 7) is 10.7. The van der Waals surface area contributed by atoms with Crippen LogP contribution >= 0.6 is 0 Å². The van der Waals surface area contributed by atoms with Gasteiger partial charge in [0.25, 0.3) is 0 Å². The summed E-state index contributed by atoms with van der Waals surface area (Å²) in [7, 11) is 0. The van der Waals surface area contributed by atoms with Crippen LogP contribution in [0.2, 0.25) is 0 Å². The van der Waals surface area contributed by atoms with Crippen molar-refractivity contribution in [2.24, 2.45) is 5.92 Å². The zero-order valence-electron chi connectivity index (χ0n) is 12.6. The maximum Gasteiger partial charge on any atom is 0.0192 e. The first-order chi connectivity index (χ1) is 9.34. The molecule has 2 rings (SSSR count). The van der Waals surface area contributed by atoms with Crippen LogP contribution in [0.15, 0.2) is 11.6 Å². The van der Waals surface area contributed by atoms with Crippen molar-refractivity contribution >= 4 is 0 Å². The van der Waals surface area contributed by atoms with Gasteiger partial charge in [-0.3, -0.25) is 4.90 Å². The minimum atomic E-state index is 0.759. The predicted molar refractivity (Wildman–Crippen MR) is 82.5 cm³/mol. The molecule has 0 spiro atoms. The maximum absolute atomic E-state index is 3.59. The molecular weight excluding hydrogens is 234 g/mol. The highest BCUT2D eigenvalue weighted by Crippen LogP contribution is 2.19. The lowest BCUT2D eigenvalue weighted by Crippen LogP contribution is -2.37. The Kier molecular flexibility index (Phi) is 6.90. The van der Waals surface area contributed by atoms with E-state index in [2.05, 4.69) is 28.5 Å². The number of rotatable bonds is 2. The average Bonchev–Trinajstić information content (AvgIpc) is 2.87. The first-order valence-corrected chi connectivity index (χ1v) is 8.16. The highest BCUT2D eigenvalue weighted by Gasteiger charge is 2.14. The SMILES string of the molecule is CC1CNCCCNCCCN(CC2=CCCC2)C1. The molecule has 1 fully saturated rings. The Morgan fingerprint density at radius 1 is 1.16 bits per heavy atom. The molecule has 1 saturated heterocycles. The van der Waals surface area contributed by atoms with Crippen LogP contribution in [-0.4, -0.2) is 50.7 Å². The number of hydrogen-bond acceptors (Lipinski definition) is 3. The molecule has 3 heteroatoms. The molecule has 0 amide bonds. The summed E-state index contributed by atoms with van der Waals surface area (Å²) in [4.78, 5) is 2.67. The minimum Gasteiger partial charge on any atom is -0.317 e. The van der Waals surface area contributed by atoms with Crippen molar-refractivity contribution in [1.82, 2.24) is 15.5 Å². The topological polar surface area (TPSA) is 27.3 Å². The van der Waals surface area contributed by atoms with E-state index in [1.807, 2.05) is 0 Å². The Bertz CT molecular complexity index is 275. The summed E-state index contributed by atoms with van der Waals surface area (Å²) >= 11 is 0. The van der Waals surface area contributed by atoms with Gasteiger partial charge in [0.2, 0.25) is 0 Å². The molecule has 0 bridgehead atoms. The largest absolute Gasteiger partial charge is 0.317 e. The van der Waals surface area contributed by atoms with E-state index in [1.165, 1.54) is 58.3 Å². The second-order valence-electron chi connectivity index (χ2n) is 6.26. The molecule has 1 aliphatic carbocycles. The molecule has 110 valence electrons. The summed E-state index contributed by atoms with van der Waals surface area (Å²) < 4.78 is 0. The molecule has 0 aromatic rings. The van der Waals surface area contributed by atoms with E-state index in [9.17, 15) is 0 Å². The van der Waals surface area contributed by atoms with Gasteiger partial charge in [0.15, 0.2) is 0 Å². The highest BCUT2D eigenvalue weighted by atomic mass is 15.1. The van der Waals surface area contributed by atoms with Gasteiger partial charge in [0, 0.05) is 13.1 Å². The summed E-state index contributed by atoms with van der Waals surface area (Å²) in [5.41, 5.74) is 1.68. The zero-order chi connectivity index (χ0) is 13.3. The van der Waals surface area contributed by atoms with Crippen LogP contribution < -0.4 is 10.6 Å². The van der Waals surface area contributed by atoms with Gasteiger partial charge in [-0.05, 0) is 70.7 Å². The quantitative estimate of drug-likeness (QED) is 0.748. The average molecular weight is 265 g/mol. The van der Waals surface area contributed by atoms with Crippen LogP contribution in [0.4, 0.5) is 0 Å². The fourth-order valence-corrected chi connectivity index (χ4v) is 3.15. The Labute approximate surface area is 118 Å². The summed E-state index contributed by atoms with van der Waals surface area (Å²) in [5.74, 6) is 0.759. The first-order valence-electron chi connectivity index (χ1n) is 8.16. The van der Waals surface area contributed by atoms with Crippen LogP contribution in [-0.2, 0) is 0 Å². The van der Waals surface area contributed by atoms with E-state index in [4.69, 9.17) is 0 Å². The smallest absolute Gasteiger partial charge is 0.0192 e. The van der Waals surface area contributed by atoms with Crippen molar-refractivity contribution in [2.75, 3.05) is 45.8 Å². The Morgan fingerprint density at radius 2 is 2.00 bits per heavy atom.